The summed E-state index contributed by atoms with van der Waals surface area (Å²) in [5.74, 6) is -0.514. The molecule has 2 N–H and O–H groups in total. The van der Waals surface area contributed by atoms with Crippen molar-refractivity contribution in [1.82, 2.24) is 4.98 Å². The number of pyridine rings is 1. The number of hydrogen-bond donors (Lipinski definition) is 2. The van der Waals surface area contributed by atoms with E-state index in [1.54, 1.807) is 19.2 Å². The van der Waals surface area contributed by atoms with Gasteiger partial charge in [-0.25, -0.2) is 4.79 Å². The van der Waals surface area contributed by atoms with Crippen molar-refractivity contribution in [3.05, 3.63) is 89.0 Å². The second-order valence-electron chi connectivity index (χ2n) is 7.12. The lowest BCUT2D eigenvalue weighted by Gasteiger charge is -2.35. The lowest BCUT2D eigenvalue weighted by molar-refractivity contribution is -0.131. The Bertz CT molecular complexity index is 828. The lowest BCUT2D eigenvalue weighted by Crippen LogP contribution is -2.28. The van der Waals surface area contributed by atoms with Gasteiger partial charge in [0.2, 0.25) is 0 Å². The van der Waals surface area contributed by atoms with E-state index < -0.39 is 5.97 Å². The van der Waals surface area contributed by atoms with Crippen molar-refractivity contribution in [2.24, 2.45) is 0 Å². The molecule has 0 bridgehead atoms. The highest BCUT2D eigenvalue weighted by Crippen LogP contribution is 2.43. The van der Waals surface area contributed by atoms with E-state index in [0.717, 1.165) is 29.6 Å². The van der Waals surface area contributed by atoms with Crippen LogP contribution in [0, 0.1) is 0 Å². The number of aliphatic hydroxyl groups excluding tert-OH is 1. The summed E-state index contributed by atoms with van der Waals surface area (Å²) in [4.78, 5) is 14.9. The van der Waals surface area contributed by atoms with Crippen molar-refractivity contribution in [3.8, 4) is 0 Å². The minimum atomic E-state index is -0.952. The fourth-order valence-electron chi connectivity index (χ4n) is 3.33. The Kier molecular flexibility index (Phi) is 6.94. The van der Waals surface area contributed by atoms with Crippen molar-refractivity contribution >= 4 is 5.97 Å². The standard InChI is InChI=1S/C23H27NO3/c1-17(7-4-8-18(2)15-22(26)27)11-12-20-21(25)10-5-13-23(20,3)19-9-6-14-24-16-19/h4,6-9,11-12,14-16,25H,5,10,13H2,1-3H3,(H,26,27)/b8-4+,12-11+,17-7+,18-15+/t23-/m1/s1. The highest BCUT2D eigenvalue weighted by Gasteiger charge is 2.35. The SMILES string of the molecule is CC(/C=C/C1=C(O)CCC[C@]1(C)c1cccnc1)=C\C=C\C(C)=C\C(=O)O. The van der Waals surface area contributed by atoms with E-state index in [9.17, 15) is 9.90 Å². The molecule has 1 heterocycles. The third-order valence-electron chi connectivity index (χ3n) is 4.88. The number of allylic oxidation sites excluding steroid dienone is 9. The number of aliphatic hydroxyl groups is 1. The molecule has 142 valence electrons. The topological polar surface area (TPSA) is 70.4 Å². The first-order valence-electron chi connectivity index (χ1n) is 9.10. The Balaban J connectivity index is 2.23. The molecule has 2 rings (SSSR count). The fourth-order valence-corrected chi connectivity index (χ4v) is 3.33. The van der Waals surface area contributed by atoms with E-state index in [4.69, 9.17) is 5.11 Å². The Hall–Kier alpha value is -2.88. The van der Waals surface area contributed by atoms with Gasteiger partial charge in [0, 0.05) is 30.3 Å². The number of hydrogen-bond acceptors (Lipinski definition) is 3. The van der Waals surface area contributed by atoms with Crippen LogP contribution < -0.4 is 0 Å². The Morgan fingerprint density at radius 2 is 2.04 bits per heavy atom. The average molecular weight is 365 g/mol. The smallest absolute Gasteiger partial charge is 0.328 e. The summed E-state index contributed by atoms with van der Waals surface area (Å²) in [5, 5.41) is 19.2. The van der Waals surface area contributed by atoms with E-state index >= 15 is 0 Å². The van der Waals surface area contributed by atoms with Crippen LogP contribution in [0.3, 0.4) is 0 Å². The van der Waals surface area contributed by atoms with Crippen LogP contribution in [0.2, 0.25) is 0 Å². The van der Waals surface area contributed by atoms with Crippen LogP contribution in [0.4, 0.5) is 0 Å². The summed E-state index contributed by atoms with van der Waals surface area (Å²) in [6, 6.07) is 3.99. The van der Waals surface area contributed by atoms with Crippen molar-refractivity contribution in [1.29, 1.82) is 0 Å². The highest BCUT2D eigenvalue weighted by atomic mass is 16.4. The summed E-state index contributed by atoms with van der Waals surface area (Å²) in [7, 11) is 0. The van der Waals surface area contributed by atoms with Gasteiger partial charge in [-0.3, -0.25) is 4.98 Å². The number of carboxylic acid groups (broad SMARTS) is 1. The van der Waals surface area contributed by atoms with Gasteiger partial charge in [-0.05, 0) is 49.5 Å². The molecule has 1 aliphatic rings. The first kappa shape index (κ1) is 20.4. The van der Waals surface area contributed by atoms with E-state index in [2.05, 4.69) is 18.0 Å². The summed E-state index contributed by atoms with van der Waals surface area (Å²) in [6.07, 6.45) is 16.9. The normalized spacial score (nSPS) is 22.0. The second-order valence-corrected chi connectivity index (χ2v) is 7.12. The van der Waals surface area contributed by atoms with Crippen LogP contribution in [0.5, 0.6) is 0 Å². The predicted molar refractivity (Wildman–Crippen MR) is 109 cm³/mol. The summed E-state index contributed by atoms with van der Waals surface area (Å²) >= 11 is 0. The van der Waals surface area contributed by atoms with Crippen LogP contribution >= 0.6 is 0 Å². The van der Waals surface area contributed by atoms with Gasteiger partial charge in [-0.15, -0.1) is 0 Å². The largest absolute Gasteiger partial charge is 0.512 e. The zero-order valence-electron chi connectivity index (χ0n) is 16.1. The zero-order chi connectivity index (χ0) is 19.9. The third kappa shape index (κ3) is 5.55. The molecule has 0 spiro atoms. The van der Waals surface area contributed by atoms with Crippen molar-refractivity contribution in [2.45, 2.75) is 45.4 Å². The summed E-state index contributed by atoms with van der Waals surface area (Å²) < 4.78 is 0. The molecule has 1 atom stereocenters. The molecule has 0 saturated heterocycles. The van der Waals surface area contributed by atoms with Gasteiger partial charge in [0.1, 0.15) is 0 Å². The molecule has 4 nitrogen and oxygen atoms in total. The number of aromatic nitrogens is 1. The van der Waals surface area contributed by atoms with E-state index in [-0.39, 0.29) is 5.41 Å². The van der Waals surface area contributed by atoms with E-state index in [0.29, 0.717) is 17.8 Å². The summed E-state index contributed by atoms with van der Waals surface area (Å²) in [6.45, 7) is 5.87. The Morgan fingerprint density at radius 1 is 1.26 bits per heavy atom. The number of nitrogens with zero attached hydrogens (tertiary/aromatic N) is 1. The number of carboxylic acids is 1. The van der Waals surface area contributed by atoms with Crippen LogP contribution in [0.1, 0.15) is 45.6 Å². The van der Waals surface area contributed by atoms with Crippen molar-refractivity contribution in [3.63, 3.8) is 0 Å². The van der Waals surface area contributed by atoms with Crippen LogP contribution in [-0.4, -0.2) is 21.2 Å². The molecular formula is C23H27NO3. The predicted octanol–water partition coefficient (Wildman–Crippen LogP) is 5.42. The van der Waals surface area contributed by atoms with Gasteiger partial charge in [0.05, 0.1) is 5.76 Å². The molecule has 0 amide bonds. The van der Waals surface area contributed by atoms with Gasteiger partial charge >= 0.3 is 5.97 Å². The first-order chi connectivity index (χ1) is 12.8. The summed E-state index contributed by atoms with van der Waals surface area (Å²) in [5.41, 5.74) is 3.46. The number of aliphatic carboxylic acids is 1. The zero-order valence-corrected chi connectivity index (χ0v) is 16.1. The van der Waals surface area contributed by atoms with Crippen molar-refractivity contribution in [2.75, 3.05) is 0 Å². The number of rotatable bonds is 6. The maximum atomic E-state index is 10.6. The lowest BCUT2D eigenvalue weighted by atomic mass is 9.69. The van der Waals surface area contributed by atoms with Crippen molar-refractivity contribution < 1.29 is 15.0 Å². The molecule has 1 aliphatic carbocycles. The second kappa shape index (κ2) is 9.17. The highest BCUT2D eigenvalue weighted by molar-refractivity contribution is 5.81. The molecule has 0 fully saturated rings. The van der Waals surface area contributed by atoms with Gasteiger partial charge < -0.3 is 10.2 Å². The molecule has 0 saturated carbocycles. The molecule has 1 aromatic heterocycles. The Labute approximate surface area is 161 Å². The van der Waals surface area contributed by atoms with Crippen LogP contribution in [-0.2, 0) is 10.2 Å². The van der Waals surface area contributed by atoms with Gasteiger partial charge in [0.25, 0.3) is 0 Å². The van der Waals surface area contributed by atoms with Gasteiger partial charge in [0.15, 0.2) is 0 Å². The monoisotopic (exact) mass is 365 g/mol. The third-order valence-corrected chi connectivity index (χ3v) is 4.88. The molecule has 4 heteroatoms. The number of carbonyl (C=O) groups is 1. The van der Waals surface area contributed by atoms with E-state index in [1.165, 1.54) is 6.08 Å². The molecule has 0 aliphatic heterocycles. The minimum absolute atomic E-state index is 0.260. The molecule has 0 unspecified atom stereocenters. The first-order valence-corrected chi connectivity index (χ1v) is 9.10. The molecule has 0 radical (unpaired) electrons. The maximum absolute atomic E-state index is 10.6. The van der Waals surface area contributed by atoms with Crippen LogP contribution in [0.15, 0.2) is 83.5 Å². The van der Waals surface area contributed by atoms with Crippen LogP contribution in [0.25, 0.3) is 0 Å². The fraction of sp³-hybridized carbons (Fsp3) is 0.304. The molecular weight excluding hydrogens is 338 g/mol. The maximum Gasteiger partial charge on any atom is 0.328 e. The van der Waals surface area contributed by atoms with E-state index in [1.807, 2.05) is 43.5 Å². The molecule has 0 aromatic carbocycles. The Morgan fingerprint density at radius 3 is 2.70 bits per heavy atom. The van der Waals surface area contributed by atoms with Gasteiger partial charge in [-0.1, -0.05) is 48.9 Å². The van der Waals surface area contributed by atoms with Gasteiger partial charge in [-0.2, -0.15) is 0 Å². The minimum Gasteiger partial charge on any atom is -0.512 e. The molecule has 27 heavy (non-hydrogen) atoms. The average Bonchev–Trinajstić information content (AvgIpc) is 2.61. The molecule has 1 aromatic rings. The quantitative estimate of drug-likeness (QED) is 0.521.